The lowest BCUT2D eigenvalue weighted by atomic mass is 9.94. The topological polar surface area (TPSA) is 26.0 Å². The Bertz CT molecular complexity index is 502. The molecule has 92 valence electrons. The van der Waals surface area contributed by atoms with Gasteiger partial charge in [-0.1, -0.05) is 32.8 Å². The van der Waals surface area contributed by atoms with Crippen molar-refractivity contribution in [2.24, 2.45) is 11.7 Å². The molecule has 0 saturated heterocycles. The van der Waals surface area contributed by atoms with Gasteiger partial charge >= 0.3 is 0 Å². The fraction of sp³-hybridized carbons (Fsp3) is 0.429. The summed E-state index contributed by atoms with van der Waals surface area (Å²) in [4.78, 5) is 1.17. The second-order valence-electron chi connectivity index (χ2n) is 4.43. The molecule has 3 heteroatoms. The van der Waals surface area contributed by atoms with E-state index in [2.05, 4.69) is 19.9 Å². The molecule has 1 nitrogen and oxygen atoms in total. The van der Waals surface area contributed by atoms with Crippen LogP contribution in [0.4, 0.5) is 4.39 Å². The number of benzene rings is 1. The number of rotatable bonds is 4. The lowest BCUT2D eigenvalue weighted by molar-refractivity contribution is 0.410. The van der Waals surface area contributed by atoms with E-state index in [0.717, 1.165) is 22.9 Å². The quantitative estimate of drug-likeness (QED) is 0.852. The molecule has 1 heterocycles. The van der Waals surface area contributed by atoms with Crippen molar-refractivity contribution >= 4 is 21.4 Å². The second kappa shape index (κ2) is 5.15. The standard InChI is InChI=1S/C14H18FNS/c1-3-9(4-2)14(16)13-7-10-5-6-11(15)8-12(10)17-13/h5-9,14H,3-4,16H2,1-2H3. The van der Waals surface area contributed by atoms with Gasteiger partial charge in [0.25, 0.3) is 0 Å². The molecule has 1 unspecified atom stereocenters. The minimum absolute atomic E-state index is 0.0745. The lowest BCUT2D eigenvalue weighted by Crippen LogP contribution is -2.19. The predicted molar refractivity (Wildman–Crippen MR) is 72.8 cm³/mol. The molecule has 2 aromatic rings. The van der Waals surface area contributed by atoms with Crippen LogP contribution < -0.4 is 5.73 Å². The van der Waals surface area contributed by atoms with Crippen molar-refractivity contribution in [3.8, 4) is 0 Å². The van der Waals surface area contributed by atoms with Crippen LogP contribution >= 0.6 is 11.3 Å². The summed E-state index contributed by atoms with van der Waals surface area (Å²) in [7, 11) is 0. The van der Waals surface area contributed by atoms with Gasteiger partial charge in [-0.05, 0) is 29.5 Å². The fourth-order valence-corrected chi connectivity index (χ4v) is 3.40. The molecular formula is C14H18FNS. The third-order valence-electron chi connectivity index (χ3n) is 3.39. The summed E-state index contributed by atoms with van der Waals surface area (Å²) in [6.07, 6.45) is 2.17. The summed E-state index contributed by atoms with van der Waals surface area (Å²) in [6.45, 7) is 4.34. The van der Waals surface area contributed by atoms with Crippen LogP contribution in [0.1, 0.15) is 37.6 Å². The maximum absolute atomic E-state index is 13.1. The summed E-state index contributed by atoms with van der Waals surface area (Å²) < 4.78 is 14.1. The molecule has 0 fully saturated rings. The molecule has 1 aromatic carbocycles. The van der Waals surface area contributed by atoms with E-state index in [1.165, 1.54) is 10.9 Å². The highest BCUT2D eigenvalue weighted by atomic mass is 32.1. The van der Waals surface area contributed by atoms with Crippen LogP contribution in [0, 0.1) is 11.7 Å². The summed E-state index contributed by atoms with van der Waals surface area (Å²) in [5.74, 6) is 0.329. The fourth-order valence-electron chi connectivity index (χ4n) is 2.22. The number of halogens is 1. The van der Waals surface area contributed by atoms with Crippen molar-refractivity contribution in [3.63, 3.8) is 0 Å². The molecule has 0 aliphatic heterocycles. The average molecular weight is 251 g/mol. The molecule has 0 radical (unpaired) electrons. The molecule has 1 aromatic heterocycles. The Morgan fingerprint density at radius 1 is 1.24 bits per heavy atom. The SMILES string of the molecule is CCC(CC)C(N)c1cc2ccc(F)cc2s1. The van der Waals surface area contributed by atoms with Gasteiger partial charge in [0.2, 0.25) is 0 Å². The van der Waals surface area contributed by atoms with Crippen LogP contribution in [0.25, 0.3) is 10.1 Å². The number of nitrogens with two attached hydrogens (primary N) is 1. The first-order chi connectivity index (χ1) is 8.15. The maximum Gasteiger partial charge on any atom is 0.124 e. The van der Waals surface area contributed by atoms with E-state index in [0.29, 0.717) is 5.92 Å². The number of hydrogen-bond donors (Lipinski definition) is 1. The van der Waals surface area contributed by atoms with Gasteiger partial charge in [-0.15, -0.1) is 11.3 Å². The van der Waals surface area contributed by atoms with Crippen LogP contribution in [0.3, 0.4) is 0 Å². The molecule has 0 bridgehead atoms. The first kappa shape index (κ1) is 12.5. The Morgan fingerprint density at radius 3 is 2.59 bits per heavy atom. The number of thiophene rings is 1. The lowest BCUT2D eigenvalue weighted by Gasteiger charge is -2.19. The largest absolute Gasteiger partial charge is 0.323 e. The molecule has 2 rings (SSSR count). The zero-order chi connectivity index (χ0) is 12.4. The van der Waals surface area contributed by atoms with Crippen molar-refractivity contribution in [3.05, 3.63) is 35.0 Å². The van der Waals surface area contributed by atoms with Crippen molar-refractivity contribution in [2.75, 3.05) is 0 Å². The van der Waals surface area contributed by atoms with Crippen molar-refractivity contribution in [1.29, 1.82) is 0 Å². The van der Waals surface area contributed by atoms with Gasteiger partial charge < -0.3 is 5.73 Å². The molecule has 0 saturated carbocycles. The normalized spacial score (nSPS) is 13.5. The third kappa shape index (κ3) is 2.50. The zero-order valence-electron chi connectivity index (χ0n) is 10.2. The van der Waals surface area contributed by atoms with Gasteiger partial charge in [0, 0.05) is 15.6 Å². The third-order valence-corrected chi connectivity index (χ3v) is 4.59. The van der Waals surface area contributed by atoms with E-state index in [9.17, 15) is 4.39 Å². The Morgan fingerprint density at radius 2 is 1.94 bits per heavy atom. The molecule has 0 spiro atoms. The minimum Gasteiger partial charge on any atom is -0.323 e. The highest BCUT2D eigenvalue weighted by Crippen LogP contribution is 2.34. The molecule has 1 atom stereocenters. The summed E-state index contributed by atoms with van der Waals surface area (Å²) in [5.41, 5.74) is 6.28. The zero-order valence-corrected chi connectivity index (χ0v) is 11.1. The van der Waals surface area contributed by atoms with E-state index in [-0.39, 0.29) is 11.9 Å². The van der Waals surface area contributed by atoms with E-state index in [4.69, 9.17) is 5.73 Å². The highest BCUT2D eigenvalue weighted by molar-refractivity contribution is 7.19. The highest BCUT2D eigenvalue weighted by Gasteiger charge is 2.18. The molecule has 0 aliphatic rings. The van der Waals surface area contributed by atoms with E-state index in [1.54, 1.807) is 17.4 Å². The van der Waals surface area contributed by atoms with Gasteiger partial charge in [0.15, 0.2) is 0 Å². The number of hydrogen-bond acceptors (Lipinski definition) is 2. The monoisotopic (exact) mass is 251 g/mol. The first-order valence-electron chi connectivity index (χ1n) is 6.10. The predicted octanol–water partition coefficient (Wildman–Crippen LogP) is 4.48. The van der Waals surface area contributed by atoms with Gasteiger partial charge in [0.05, 0.1) is 0 Å². The second-order valence-corrected chi connectivity index (χ2v) is 5.55. The van der Waals surface area contributed by atoms with Gasteiger partial charge in [0.1, 0.15) is 5.82 Å². The maximum atomic E-state index is 13.1. The van der Waals surface area contributed by atoms with Gasteiger partial charge in [-0.3, -0.25) is 0 Å². The van der Waals surface area contributed by atoms with Crippen LogP contribution in [0.2, 0.25) is 0 Å². The Hall–Kier alpha value is -0.930. The molecule has 0 aliphatic carbocycles. The van der Waals surface area contributed by atoms with E-state index < -0.39 is 0 Å². The van der Waals surface area contributed by atoms with Crippen molar-refractivity contribution < 1.29 is 4.39 Å². The Kier molecular flexibility index (Phi) is 3.79. The van der Waals surface area contributed by atoms with E-state index in [1.807, 2.05) is 6.07 Å². The van der Waals surface area contributed by atoms with Gasteiger partial charge in [-0.25, -0.2) is 4.39 Å². The summed E-state index contributed by atoms with van der Waals surface area (Å²) in [5, 5.41) is 1.09. The van der Waals surface area contributed by atoms with Crippen LogP contribution in [-0.2, 0) is 0 Å². The molecule has 17 heavy (non-hydrogen) atoms. The van der Waals surface area contributed by atoms with Crippen molar-refractivity contribution in [2.45, 2.75) is 32.7 Å². The molecule has 2 N–H and O–H groups in total. The number of fused-ring (bicyclic) bond motifs is 1. The summed E-state index contributed by atoms with van der Waals surface area (Å²) in [6, 6.07) is 7.09. The minimum atomic E-state index is -0.179. The Balaban J connectivity index is 2.35. The smallest absolute Gasteiger partial charge is 0.124 e. The molecular weight excluding hydrogens is 233 g/mol. The van der Waals surface area contributed by atoms with Gasteiger partial charge in [-0.2, -0.15) is 0 Å². The molecule has 0 amide bonds. The van der Waals surface area contributed by atoms with Crippen LogP contribution in [0.5, 0.6) is 0 Å². The average Bonchev–Trinajstić information content (AvgIpc) is 2.73. The van der Waals surface area contributed by atoms with Crippen LogP contribution in [0.15, 0.2) is 24.3 Å². The first-order valence-corrected chi connectivity index (χ1v) is 6.92. The summed E-state index contributed by atoms with van der Waals surface area (Å²) >= 11 is 1.61. The van der Waals surface area contributed by atoms with Crippen molar-refractivity contribution in [1.82, 2.24) is 0 Å². The Labute approximate surface area is 105 Å². The van der Waals surface area contributed by atoms with Crippen LogP contribution in [-0.4, -0.2) is 0 Å². The van der Waals surface area contributed by atoms with E-state index >= 15 is 0 Å².